The first-order valence-electron chi connectivity index (χ1n) is 6.03. The summed E-state index contributed by atoms with van der Waals surface area (Å²) >= 11 is 0. The molecule has 2 unspecified atom stereocenters. The topological polar surface area (TPSA) is 64.1 Å². The van der Waals surface area contributed by atoms with E-state index in [1.807, 2.05) is 24.0 Å². The van der Waals surface area contributed by atoms with Gasteiger partial charge in [0.25, 0.3) is 0 Å². The Morgan fingerprint density at radius 2 is 2.50 bits per heavy atom. The van der Waals surface area contributed by atoms with Crippen molar-refractivity contribution in [2.45, 2.75) is 38.2 Å². The van der Waals surface area contributed by atoms with E-state index in [1.54, 1.807) is 0 Å². The molecule has 4 nitrogen and oxygen atoms in total. The summed E-state index contributed by atoms with van der Waals surface area (Å²) in [6.45, 7) is 0.589. The fraction of sp³-hybridized carbons (Fsp3) is 0.750. The molecular formula is C12H21N3O. The molecule has 0 bridgehead atoms. The van der Waals surface area contributed by atoms with Gasteiger partial charge in [-0.05, 0) is 31.7 Å². The molecule has 0 radical (unpaired) electrons. The molecular weight excluding hydrogens is 202 g/mol. The first-order valence-corrected chi connectivity index (χ1v) is 6.03. The lowest BCUT2D eigenvalue weighted by atomic mass is 9.79. The molecule has 1 heterocycles. The predicted octanol–water partition coefficient (Wildman–Crippen LogP) is 0.843. The van der Waals surface area contributed by atoms with Gasteiger partial charge >= 0.3 is 0 Å². The molecule has 0 aromatic carbocycles. The van der Waals surface area contributed by atoms with E-state index in [2.05, 4.69) is 5.10 Å². The van der Waals surface area contributed by atoms with E-state index in [4.69, 9.17) is 5.73 Å². The van der Waals surface area contributed by atoms with Crippen LogP contribution >= 0.6 is 0 Å². The maximum Gasteiger partial charge on any atom is 0.0608 e. The molecule has 0 saturated heterocycles. The van der Waals surface area contributed by atoms with E-state index in [-0.39, 0.29) is 11.5 Å². The maximum atomic E-state index is 10.0. The van der Waals surface area contributed by atoms with Crippen LogP contribution in [0.25, 0.3) is 0 Å². The highest BCUT2D eigenvalue weighted by Gasteiger charge is 2.40. The number of nitrogens with zero attached hydrogens (tertiary/aromatic N) is 2. The highest BCUT2D eigenvalue weighted by molar-refractivity contribution is 5.03. The van der Waals surface area contributed by atoms with Gasteiger partial charge in [-0.1, -0.05) is 6.42 Å². The molecule has 2 atom stereocenters. The zero-order chi connectivity index (χ0) is 11.6. The van der Waals surface area contributed by atoms with E-state index in [0.717, 1.165) is 32.1 Å². The minimum absolute atomic E-state index is 0.0513. The van der Waals surface area contributed by atoms with Gasteiger partial charge in [-0.3, -0.25) is 4.68 Å². The van der Waals surface area contributed by atoms with Crippen molar-refractivity contribution in [3.63, 3.8) is 0 Å². The van der Waals surface area contributed by atoms with E-state index < -0.39 is 0 Å². The Morgan fingerprint density at radius 1 is 1.69 bits per heavy atom. The van der Waals surface area contributed by atoms with Crippen LogP contribution < -0.4 is 5.73 Å². The van der Waals surface area contributed by atoms with Crippen molar-refractivity contribution < 1.29 is 5.11 Å². The smallest absolute Gasteiger partial charge is 0.0608 e. The van der Waals surface area contributed by atoms with Crippen LogP contribution in [-0.4, -0.2) is 27.5 Å². The second-order valence-corrected chi connectivity index (χ2v) is 4.92. The lowest BCUT2D eigenvalue weighted by Crippen LogP contribution is -2.38. The van der Waals surface area contributed by atoms with Crippen LogP contribution in [0.5, 0.6) is 0 Å². The monoisotopic (exact) mass is 223 g/mol. The molecule has 1 fully saturated rings. The molecule has 0 spiro atoms. The van der Waals surface area contributed by atoms with Crippen LogP contribution in [0.15, 0.2) is 12.3 Å². The number of hydrogen-bond donors (Lipinski definition) is 2. The molecule has 3 N–H and O–H groups in total. The first kappa shape index (κ1) is 11.6. The number of hydrogen-bond acceptors (Lipinski definition) is 3. The molecule has 90 valence electrons. The van der Waals surface area contributed by atoms with Crippen LogP contribution in [0.3, 0.4) is 0 Å². The fourth-order valence-corrected chi connectivity index (χ4v) is 2.78. The summed E-state index contributed by atoms with van der Waals surface area (Å²) in [7, 11) is 1.95. The van der Waals surface area contributed by atoms with Crippen LogP contribution in [0.2, 0.25) is 0 Å². The molecule has 0 amide bonds. The molecule has 4 heteroatoms. The van der Waals surface area contributed by atoms with Gasteiger partial charge in [-0.15, -0.1) is 0 Å². The highest BCUT2D eigenvalue weighted by atomic mass is 16.3. The Bertz CT molecular complexity index is 350. The molecule has 1 saturated carbocycles. The largest absolute Gasteiger partial charge is 0.393 e. The molecule has 1 aromatic heterocycles. The van der Waals surface area contributed by atoms with E-state index in [9.17, 15) is 5.11 Å². The van der Waals surface area contributed by atoms with Crippen molar-refractivity contribution in [3.8, 4) is 0 Å². The van der Waals surface area contributed by atoms with Crippen molar-refractivity contribution >= 4 is 0 Å². The Hall–Kier alpha value is -0.870. The Kier molecular flexibility index (Phi) is 3.30. The van der Waals surface area contributed by atoms with Gasteiger partial charge in [-0.25, -0.2) is 0 Å². The van der Waals surface area contributed by atoms with Gasteiger partial charge < -0.3 is 10.8 Å². The number of aromatic nitrogens is 2. The summed E-state index contributed by atoms with van der Waals surface area (Å²) in [4.78, 5) is 0. The van der Waals surface area contributed by atoms with Crippen molar-refractivity contribution in [2.75, 3.05) is 6.54 Å². The summed E-state index contributed by atoms with van der Waals surface area (Å²) < 4.78 is 1.89. The second kappa shape index (κ2) is 4.55. The van der Waals surface area contributed by atoms with Crippen LogP contribution in [0.1, 0.15) is 31.4 Å². The summed E-state index contributed by atoms with van der Waals surface area (Å²) in [5, 5.41) is 14.2. The number of rotatable bonds is 4. The highest BCUT2D eigenvalue weighted by Crippen LogP contribution is 2.41. The molecule has 1 aliphatic rings. The average Bonchev–Trinajstić information content (AvgIpc) is 2.84. The first-order chi connectivity index (χ1) is 7.68. The zero-order valence-corrected chi connectivity index (χ0v) is 9.89. The number of aliphatic hydroxyl groups excluding tert-OH is 1. The average molecular weight is 223 g/mol. The van der Waals surface area contributed by atoms with E-state index in [1.165, 1.54) is 5.69 Å². The van der Waals surface area contributed by atoms with Crippen molar-refractivity contribution in [1.29, 1.82) is 0 Å². The molecule has 1 aliphatic carbocycles. The summed E-state index contributed by atoms with van der Waals surface area (Å²) in [6, 6.07) is 2.03. The summed E-state index contributed by atoms with van der Waals surface area (Å²) in [6.07, 6.45) is 6.57. The normalized spacial score (nSPS) is 29.8. The number of aliphatic hydroxyl groups is 1. The molecule has 2 rings (SSSR count). The van der Waals surface area contributed by atoms with Gasteiger partial charge in [0.2, 0.25) is 0 Å². The molecule has 1 aromatic rings. The Labute approximate surface area is 96.5 Å². The minimum atomic E-state index is -0.217. The summed E-state index contributed by atoms with van der Waals surface area (Å²) in [5.74, 6) is 0. The number of nitrogens with two attached hydrogens (primary N) is 1. The third-order valence-corrected chi connectivity index (χ3v) is 4.07. The van der Waals surface area contributed by atoms with Gasteiger partial charge in [0, 0.05) is 30.9 Å². The van der Waals surface area contributed by atoms with Crippen molar-refractivity contribution in [1.82, 2.24) is 9.78 Å². The summed E-state index contributed by atoms with van der Waals surface area (Å²) in [5.41, 5.74) is 7.02. The maximum absolute atomic E-state index is 10.0. The Morgan fingerprint density at radius 3 is 3.00 bits per heavy atom. The molecule has 16 heavy (non-hydrogen) atoms. The molecule has 0 aliphatic heterocycles. The lowest BCUT2D eigenvalue weighted by molar-refractivity contribution is 0.0520. The predicted molar refractivity (Wildman–Crippen MR) is 62.9 cm³/mol. The van der Waals surface area contributed by atoms with Gasteiger partial charge in [0.1, 0.15) is 0 Å². The van der Waals surface area contributed by atoms with Crippen LogP contribution in [0, 0.1) is 5.41 Å². The van der Waals surface area contributed by atoms with Crippen molar-refractivity contribution in [3.05, 3.63) is 18.0 Å². The SMILES string of the molecule is Cn1nccc1CCC1(CN)CCCC1O. The van der Waals surface area contributed by atoms with Crippen LogP contribution in [0.4, 0.5) is 0 Å². The lowest BCUT2D eigenvalue weighted by Gasteiger charge is -2.31. The minimum Gasteiger partial charge on any atom is -0.393 e. The van der Waals surface area contributed by atoms with Gasteiger partial charge in [0.15, 0.2) is 0 Å². The number of aryl methyl sites for hydroxylation is 2. The van der Waals surface area contributed by atoms with Crippen LogP contribution in [-0.2, 0) is 13.5 Å². The standard InChI is InChI=1S/C12H21N3O/c1-15-10(5-8-14-15)4-7-12(9-13)6-2-3-11(12)16/h5,8,11,16H,2-4,6-7,9,13H2,1H3. The van der Waals surface area contributed by atoms with E-state index in [0.29, 0.717) is 6.54 Å². The van der Waals surface area contributed by atoms with Crippen molar-refractivity contribution in [2.24, 2.45) is 18.2 Å². The quantitative estimate of drug-likeness (QED) is 0.795. The Balaban J connectivity index is 2.00. The zero-order valence-electron chi connectivity index (χ0n) is 9.89. The van der Waals surface area contributed by atoms with Gasteiger partial charge in [0.05, 0.1) is 6.10 Å². The third-order valence-electron chi connectivity index (χ3n) is 4.07. The van der Waals surface area contributed by atoms with Gasteiger partial charge in [-0.2, -0.15) is 5.10 Å². The van der Waals surface area contributed by atoms with E-state index >= 15 is 0 Å². The fourth-order valence-electron chi connectivity index (χ4n) is 2.78. The second-order valence-electron chi connectivity index (χ2n) is 4.92. The third kappa shape index (κ3) is 1.99.